The molecule has 150 valence electrons. The number of sulfone groups is 1. The Bertz CT molecular complexity index is 907. The average molecular weight is 404 g/mol. The highest BCUT2D eigenvalue weighted by atomic mass is 32.2. The van der Waals surface area contributed by atoms with Crippen LogP contribution in [-0.4, -0.2) is 50.5 Å². The van der Waals surface area contributed by atoms with Crippen molar-refractivity contribution in [2.45, 2.75) is 25.9 Å². The van der Waals surface area contributed by atoms with Crippen LogP contribution in [0, 0.1) is 6.92 Å². The molecule has 1 heterocycles. The number of aryl methyl sites for hydroxylation is 1. The molecule has 0 aliphatic carbocycles. The van der Waals surface area contributed by atoms with E-state index in [2.05, 4.69) is 0 Å². The lowest BCUT2D eigenvalue weighted by molar-refractivity contribution is -0.136. The third-order valence-electron chi connectivity index (χ3n) is 4.86. The Hall–Kier alpha value is -2.54. The Morgan fingerprint density at radius 2 is 1.71 bits per heavy atom. The summed E-state index contributed by atoms with van der Waals surface area (Å²) in [5.41, 5.74) is 2.10. The van der Waals surface area contributed by atoms with Gasteiger partial charge in [-0.05, 0) is 43.2 Å². The van der Waals surface area contributed by atoms with Crippen molar-refractivity contribution in [3.05, 3.63) is 59.7 Å². The normalized spacial score (nSPS) is 17.9. The predicted molar refractivity (Wildman–Crippen MR) is 107 cm³/mol. The highest BCUT2D eigenvalue weighted by molar-refractivity contribution is 7.91. The van der Waals surface area contributed by atoms with Crippen molar-refractivity contribution in [3.8, 4) is 11.5 Å². The molecule has 0 bridgehead atoms. The largest absolute Gasteiger partial charge is 0.497 e. The van der Waals surface area contributed by atoms with E-state index >= 15 is 0 Å². The molecule has 0 N–H and O–H groups in total. The number of carbonyl (C=O) groups excluding carboxylic acids is 1. The molecule has 1 fully saturated rings. The fraction of sp³-hybridized carbons (Fsp3) is 0.381. The van der Waals surface area contributed by atoms with Gasteiger partial charge in [0.15, 0.2) is 16.4 Å². The maximum Gasteiger partial charge on any atom is 0.261 e. The summed E-state index contributed by atoms with van der Waals surface area (Å²) in [6.45, 7) is 2.22. The molecule has 1 atom stereocenters. The van der Waals surface area contributed by atoms with Crippen molar-refractivity contribution in [2.75, 3.05) is 25.2 Å². The zero-order valence-electron chi connectivity index (χ0n) is 16.1. The van der Waals surface area contributed by atoms with Crippen molar-refractivity contribution in [1.82, 2.24) is 4.90 Å². The van der Waals surface area contributed by atoms with Crippen LogP contribution in [-0.2, 0) is 21.2 Å². The molecule has 0 aromatic heterocycles. The monoisotopic (exact) mass is 403 g/mol. The van der Waals surface area contributed by atoms with Crippen molar-refractivity contribution >= 4 is 15.7 Å². The maximum absolute atomic E-state index is 12.9. The van der Waals surface area contributed by atoms with Crippen molar-refractivity contribution < 1.29 is 22.7 Å². The van der Waals surface area contributed by atoms with Crippen LogP contribution in [0.5, 0.6) is 11.5 Å². The highest BCUT2D eigenvalue weighted by Crippen LogP contribution is 2.22. The molecule has 3 rings (SSSR count). The minimum Gasteiger partial charge on any atom is -0.497 e. The molecule has 1 amide bonds. The Kier molecular flexibility index (Phi) is 6.24. The minimum absolute atomic E-state index is 0.00708. The van der Waals surface area contributed by atoms with Crippen molar-refractivity contribution in [1.29, 1.82) is 0 Å². The summed E-state index contributed by atoms with van der Waals surface area (Å²) >= 11 is 0. The van der Waals surface area contributed by atoms with Crippen LogP contribution in [0.3, 0.4) is 0 Å². The maximum atomic E-state index is 12.9. The van der Waals surface area contributed by atoms with Gasteiger partial charge < -0.3 is 14.4 Å². The fourth-order valence-corrected chi connectivity index (χ4v) is 4.96. The van der Waals surface area contributed by atoms with Crippen LogP contribution in [0.15, 0.2) is 48.5 Å². The van der Waals surface area contributed by atoms with Gasteiger partial charge in [0.1, 0.15) is 11.5 Å². The SMILES string of the molecule is COc1ccc(OCC(=O)N(Cc2ccc(C)cc2)C2CCS(=O)(=O)C2)cc1. The molecule has 1 aliphatic rings. The topological polar surface area (TPSA) is 72.9 Å². The summed E-state index contributed by atoms with van der Waals surface area (Å²) < 4.78 is 34.6. The first kappa shape index (κ1) is 20.2. The number of ether oxygens (including phenoxy) is 2. The van der Waals surface area contributed by atoms with E-state index in [1.165, 1.54) is 0 Å². The molecule has 1 unspecified atom stereocenters. The third kappa shape index (κ3) is 5.25. The van der Waals surface area contributed by atoms with Gasteiger partial charge in [0.2, 0.25) is 0 Å². The summed E-state index contributed by atoms with van der Waals surface area (Å²) in [6.07, 6.45) is 0.461. The summed E-state index contributed by atoms with van der Waals surface area (Å²) in [6, 6.07) is 14.5. The van der Waals surface area contributed by atoms with Crippen molar-refractivity contribution in [2.24, 2.45) is 0 Å². The molecule has 1 saturated heterocycles. The molecule has 7 heteroatoms. The van der Waals surface area contributed by atoms with Crippen LogP contribution in [0.25, 0.3) is 0 Å². The van der Waals surface area contributed by atoms with E-state index in [0.29, 0.717) is 24.5 Å². The number of benzene rings is 2. The number of rotatable bonds is 7. The molecule has 0 radical (unpaired) electrons. The van der Waals surface area contributed by atoms with Crippen LogP contribution in [0.1, 0.15) is 17.5 Å². The summed E-state index contributed by atoms with van der Waals surface area (Å²) in [7, 11) is -1.52. The molecule has 0 spiro atoms. The molecule has 2 aromatic rings. The number of amides is 1. The standard InChI is InChI=1S/C21H25NO5S/c1-16-3-5-17(6-4-16)13-22(18-11-12-28(24,25)15-18)21(23)14-27-20-9-7-19(26-2)8-10-20/h3-10,18H,11-15H2,1-2H3. The minimum atomic E-state index is -3.10. The van der Waals surface area contributed by atoms with Gasteiger partial charge in [0.05, 0.1) is 18.6 Å². The molecular weight excluding hydrogens is 378 g/mol. The first-order valence-electron chi connectivity index (χ1n) is 9.18. The van der Waals surface area contributed by atoms with Crippen LogP contribution < -0.4 is 9.47 Å². The molecule has 28 heavy (non-hydrogen) atoms. The zero-order chi connectivity index (χ0) is 20.1. The molecule has 0 saturated carbocycles. The third-order valence-corrected chi connectivity index (χ3v) is 6.62. The van der Waals surface area contributed by atoms with Gasteiger partial charge in [-0.15, -0.1) is 0 Å². The number of methoxy groups -OCH3 is 1. The van der Waals surface area contributed by atoms with Gasteiger partial charge in [-0.2, -0.15) is 0 Å². The van der Waals surface area contributed by atoms with E-state index in [-0.39, 0.29) is 30.1 Å². The Morgan fingerprint density at radius 1 is 1.07 bits per heavy atom. The Balaban J connectivity index is 1.71. The summed E-state index contributed by atoms with van der Waals surface area (Å²) in [5, 5.41) is 0. The van der Waals surface area contributed by atoms with E-state index < -0.39 is 9.84 Å². The Labute approximate surface area is 166 Å². The van der Waals surface area contributed by atoms with Gasteiger partial charge in [0.25, 0.3) is 5.91 Å². The second-order valence-corrected chi connectivity index (χ2v) is 9.26. The van der Waals surface area contributed by atoms with Gasteiger partial charge in [-0.25, -0.2) is 8.42 Å². The van der Waals surface area contributed by atoms with Gasteiger partial charge in [-0.1, -0.05) is 29.8 Å². The fourth-order valence-electron chi connectivity index (χ4n) is 3.23. The quantitative estimate of drug-likeness (QED) is 0.711. The summed E-state index contributed by atoms with van der Waals surface area (Å²) in [4.78, 5) is 14.5. The smallest absolute Gasteiger partial charge is 0.261 e. The first-order valence-corrected chi connectivity index (χ1v) is 11.0. The second-order valence-electron chi connectivity index (χ2n) is 7.03. The lowest BCUT2D eigenvalue weighted by Gasteiger charge is -2.28. The van der Waals surface area contributed by atoms with Crippen LogP contribution in [0.4, 0.5) is 0 Å². The highest BCUT2D eigenvalue weighted by Gasteiger charge is 2.34. The molecule has 6 nitrogen and oxygen atoms in total. The molecule has 1 aliphatic heterocycles. The van der Waals surface area contributed by atoms with E-state index in [0.717, 1.165) is 11.1 Å². The van der Waals surface area contributed by atoms with E-state index in [1.54, 1.807) is 36.3 Å². The number of hydrogen-bond acceptors (Lipinski definition) is 5. The molecule has 2 aromatic carbocycles. The lowest BCUT2D eigenvalue weighted by Crippen LogP contribution is -2.43. The number of carbonyl (C=O) groups is 1. The van der Waals surface area contributed by atoms with E-state index in [4.69, 9.17) is 9.47 Å². The second kappa shape index (κ2) is 8.65. The Morgan fingerprint density at radius 3 is 2.29 bits per heavy atom. The van der Waals surface area contributed by atoms with Gasteiger partial charge >= 0.3 is 0 Å². The van der Waals surface area contributed by atoms with E-state index in [1.807, 2.05) is 31.2 Å². The van der Waals surface area contributed by atoms with E-state index in [9.17, 15) is 13.2 Å². The predicted octanol–water partition coefficient (Wildman–Crippen LogP) is 2.60. The average Bonchev–Trinajstić information content (AvgIpc) is 3.05. The summed E-state index contributed by atoms with van der Waals surface area (Å²) in [5.74, 6) is 1.17. The number of nitrogens with zero attached hydrogens (tertiary/aromatic N) is 1. The number of hydrogen-bond donors (Lipinski definition) is 0. The zero-order valence-corrected chi connectivity index (χ0v) is 16.9. The lowest BCUT2D eigenvalue weighted by atomic mass is 10.1. The first-order chi connectivity index (χ1) is 13.4. The van der Waals surface area contributed by atoms with Crippen LogP contribution in [0.2, 0.25) is 0 Å². The van der Waals surface area contributed by atoms with Crippen molar-refractivity contribution in [3.63, 3.8) is 0 Å². The molecular formula is C21H25NO5S. The van der Waals surface area contributed by atoms with Crippen LogP contribution >= 0.6 is 0 Å². The van der Waals surface area contributed by atoms with Gasteiger partial charge in [-0.3, -0.25) is 4.79 Å². The van der Waals surface area contributed by atoms with Gasteiger partial charge in [0, 0.05) is 12.6 Å².